The molecule has 0 unspecified atom stereocenters. The zero-order valence-corrected chi connectivity index (χ0v) is 19.2. The summed E-state index contributed by atoms with van der Waals surface area (Å²) in [5.74, 6) is -2.11. The number of nitrogens with one attached hydrogen (secondary N) is 1. The van der Waals surface area contributed by atoms with Crippen molar-refractivity contribution in [2.45, 2.75) is 52.7 Å². The number of carboxylic acids is 1. The maximum atomic E-state index is 12.5. The molecule has 4 N–H and O–H groups in total. The number of hydrogen-bond donors (Lipinski definition) is 3. The highest BCUT2D eigenvalue weighted by Crippen LogP contribution is 2.16. The molecule has 0 bridgehead atoms. The number of hydrogen-bond acceptors (Lipinski definition) is 7. The third-order valence-electron chi connectivity index (χ3n) is 3.15. The summed E-state index contributed by atoms with van der Waals surface area (Å²) in [7, 11) is 0. The van der Waals surface area contributed by atoms with Crippen LogP contribution in [-0.4, -0.2) is 64.3 Å². The van der Waals surface area contributed by atoms with Crippen LogP contribution in [0.3, 0.4) is 0 Å². The number of thiophene rings is 1. The molecule has 1 aromatic rings. The van der Waals surface area contributed by atoms with Gasteiger partial charge >= 0.3 is 18.2 Å². The number of ether oxygens (including phenoxy) is 2. The van der Waals surface area contributed by atoms with Crippen LogP contribution >= 0.6 is 11.3 Å². The number of carbonyl (C=O) groups excluding carboxylic acids is 3. The predicted molar refractivity (Wildman–Crippen MR) is 114 cm³/mol. The van der Waals surface area contributed by atoms with Crippen molar-refractivity contribution in [1.29, 1.82) is 0 Å². The molecule has 0 saturated carbocycles. The lowest BCUT2D eigenvalue weighted by Crippen LogP contribution is -2.48. The Balaban J connectivity index is 2.88. The number of carboxylic acid groups (broad SMARTS) is 1. The van der Waals surface area contributed by atoms with Gasteiger partial charge in [0.05, 0.1) is 4.88 Å². The van der Waals surface area contributed by atoms with Crippen LogP contribution in [0.4, 0.5) is 9.59 Å². The Morgan fingerprint density at radius 1 is 1.06 bits per heavy atom. The van der Waals surface area contributed by atoms with Gasteiger partial charge in [-0.1, -0.05) is 0 Å². The minimum absolute atomic E-state index is 0.0225. The molecule has 0 spiro atoms. The van der Waals surface area contributed by atoms with Crippen molar-refractivity contribution in [3.63, 3.8) is 0 Å². The number of guanidine groups is 1. The summed E-state index contributed by atoms with van der Waals surface area (Å²) in [6.07, 6.45) is -1.85. The van der Waals surface area contributed by atoms with Crippen LogP contribution in [0.25, 0.3) is 0 Å². The maximum absolute atomic E-state index is 12.5. The Morgan fingerprint density at radius 2 is 1.61 bits per heavy atom. The van der Waals surface area contributed by atoms with Gasteiger partial charge in [0.1, 0.15) is 16.1 Å². The minimum Gasteiger partial charge on any atom is -0.477 e. The van der Waals surface area contributed by atoms with Crippen LogP contribution in [0.15, 0.2) is 17.1 Å². The Bertz CT molecular complexity index is 865. The normalized spacial score (nSPS) is 12.1. The smallest absolute Gasteiger partial charge is 0.437 e. The largest absolute Gasteiger partial charge is 0.477 e. The van der Waals surface area contributed by atoms with Gasteiger partial charge in [0.25, 0.3) is 5.91 Å². The Hall–Kier alpha value is -3.15. The highest BCUT2D eigenvalue weighted by molar-refractivity contribution is 7.15. The average Bonchev–Trinajstić information content (AvgIpc) is 3.05. The van der Waals surface area contributed by atoms with Crippen molar-refractivity contribution in [3.05, 3.63) is 21.9 Å². The maximum Gasteiger partial charge on any atom is 0.437 e. The highest BCUT2D eigenvalue weighted by atomic mass is 32.1. The molecule has 0 aliphatic carbocycles. The van der Waals surface area contributed by atoms with Crippen molar-refractivity contribution in [3.8, 4) is 0 Å². The Morgan fingerprint density at radius 3 is 2.10 bits per heavy atom. The fourth-order valence-corrected chi connectivity index (χ4v) is 2.76. The molecule has 12 heteroatoms. The molecule has 0 aliphatic heterocycles. The van der Waals surface area contributed by atoms with Crippen molar-refractivity contribution >= 4 is 41.4 Å². The summed E-state index contributed by atoms with van der Waals surface area (Å²) in [6.45, 7) is 9.70. The lowest BCUT2D eigenvalue weighted by molar-refractivity contribution is 0.0365. The summed E-state index contributed by atoms with van der Waals surface area (Å²) in [5.41, 5.74) is 4.18. The van der Waals surface area contributed by atoms with E-state index in [1.165, 1.54) is 12.1 Å². The first-order valence-electron chi connectivity index (χ1n) is 9.28. The van der Waals surface area contributed by atoms with Gasteiger partial charge < -0.3 is 25.6 Å². The predicted octanol–water partition coefficient (Wildman–Crippen LogP) is 2.66. The van der Waals surface area contributed by atoms with E-state index in [0.717, 1.165) is 16.2 Å². The standard InChI is InChI=1S/C19H28N4O7S/c1-18(2,3)29-16(27)22-15(20)23(17(28)30-19(4,5)6)10-9-21-13(24)11-7-8-12(31-11)14(25)26/h7-8H,9-10H2,1-6H3,(H,21,24)(H,25,26)(H2,20,22,27). The number of aromatic carboxylic acids is 1. The fourth-order valence-electron chi connectivity index (χ4n) is 2.00. The first-order valence-corrected chi connectivity index (χ1v) is 10.1. The van der Waals surface area contributed by atoms with Gasteiger partial charge in [-0.2, -0.15) is 0 Å². The molecule has 0 aliphatic rings. The van der Waals surface area contributed by atoms with E-state index in [2.05, 4.69) is 10.3 Å². The van der Waals surface area contributed by atoms with Crippen molar-refractivity contribution < 1.29 is 33.8 Å². The first-order chi connectivity index (χ1) is 14.1. The molecule has 0 aromatic carbocycles. The molecule has 31 heavy (non-hydrogen) atoms. The van der Waals surface area contributed by atoms with Crippen LogP contribution < -0.4 is 11.1 Å². The molecule has 1 heterocycles. The molecule has 0 saturated heterocycles. The van der Waals surface area contributed by atoms with Crippen LogP contribution in [-0.2, 0) is 9.47 Å². The van der Waals surface area contributed by atoms with Crippen molar-refractivity contribution in [2.75, 3.05) is 13.1 Å². The molecule has 0 atom stereocenters. The van der Waals surface area contributed by atoms with E-state index in [-0.39, 0.29) is 22.8 Å². The topological polar surface area (TPSA) is 161 Å². The van der Waals surface area contributed by atoms with E-state index >= 15 is 0 Å². The zero-order chi connectivity index (χ0) is 24.0. The van der Waals surface area contributed by atoms with Gasteiger partial charge in [-0.25, -0.2) is 19.3 Å². The van der Waals surface area contributed by atoms with Crippen molar-refractivity contribution in [2.24, 2.45) is 10.7 Å². The molecule has 0 radical (unpaired) electrons. The van der Waals surface area contributed by atoms with E-state index in [1.807, 2.05) is 0 Å². The molecule has 3 amide bonds. The highest BCUT2D eigenvalue weighted by Gasteiger charge is 2.26. The summed E-state index contributed by atoms with van der Waals surface area (Å²) >= 11 is 0.816. The van der Waals surface area contributed by atoms with Gasteiger partial charge in [-0.3, -0.25) is 4.79 Å². The van der Waals surface area contributed by atoms with Crippen LogP contribution in [0.5, 0.6) is 0 Å². The van der Waals surface area contributed by atoms with Crippen LogP contribution in [0.1, 0.15) is 60.9 Å². The second kappa shape index (κ2) is 10.2. The number of rotatable bonds is 5. The quantitative estimate of drug-likeness (QED) is 0.450. The third-order valence-corrected chi connectivity index (χ3v) is 4.22. The summed E-state index contributed by atoms with van der Waals surface area (Å²) in [6, 6.07) is 2.70. The second-order valence-electron chi connectivity index (χ2n) is 8.31. The lowest BCUT2D eigenvalue weighted by Gasteiger charge is -2.26. The number of carbonyl (C=O) groups is 4. The number of nitrogens with two attached hydrogens (primary N) is 1. The molecule has 172 valence electrons. The van der Waals surface area contributed by atoms with E-state index in [9.17, 15) is 19.2 Å². The number of nitrogens with zero attached hydrogens (tertiary/aromatic N) is 2. The average molecular weight is 457 g/mol. The monoisotopic (exact) mass is 456 g/mol. The van der Waals surface area contributed by atoms with E-state index < -0.39 is 41.2 Å². The Labute approximate surface area is 184 Å². The van der Waals surface area contributed by atoms with E-state index in [0.29, 0.717) is 0 Å². The molecular weight excluding hydrogens is 428 g/mol. The first kappa shape index (κ1) is 25.9. The summed E-state index contributed by atoms with van der Waals surface area (Å²) in [4.78, 5) is 52.2. The summed E-state index contributed by atoms with van der Waals surface area (Å²) in [5, 5.41) is 11.5. The molecule has 1 rings (SSSR count). The minimum atomic E-state index is -1.13. The van der Waals surface area contributed by atoms with Gasteiger partial charge in [0, 0.05) is 13.1 Å². The van der Waals surface area contributed by atoms with Crippen LogP contribution in [0, 0.1) is 0 Å². The third kappa shape index (κ3) is 9.47. The molecule has 0 fully saturated rings. The lowest BCUT2D eigenvalue weighted by atomic mass is 10.2. The van der Waals surface area contributed by atoms with E-state index in [4.69, 9.17) is 20.3 Å². The van der Waals surface area contributed by atoms with Gasteiger partial charge in [0.2, 0.25) is 5.96 Å². The van der Waals surface area contributed by atoms with Crippen LogP contribution in [0.2, 0.25) is 0 Å². The van der Waals surface area contributed by atoms with Gasteiger partial charge in [-0.15, -0.1) is 16.3 Å². The second-order valence-corrected chi connectivity index (χ2v) is 9.39. The Kier molecular flexibility index (Phi) is 8.55. The fraction of sp³-hybridized carbons (Fsp3) is 0.526. The van der Waals surface area contributed by atoms with Gasteiger partial charge in [0.15, 0.2) is 0 Å². The van der Waals surface area contributed by atoms with Crippen molar-refractivity contribution in [1.82, 2.24) is 10.2 Å². The molecular formula is C19H28N4O7S. The van der Waals surface area contributed by atoms with E-state index in [1.54, 1.807) is 41.5 Å². The molecule has 1 aromatic heterocycles. The summed E-state index contributed by atoms with van der Waals surface area (Å²) < 4.78 is 10.3. The molecule has 11 nitrogen and oxygen atoms in total. The SMILES string of the molecule is CC(C)(C)OC(=O)N=C(N)N(CCNC(=O)c1ccc(C(=O)O)s1)C(=O)OC(C)(C)C. The number of amides is 3. The van der Waals surface area contributed by atoms with Gasteiger partial charge in [-0.05, 0) is 53.7 Å². The zero-order valence-electron chi connectivity index (χ0n) is 18.3. The number of aliphatic imine (C=N–C) groups is 1.